The van der Waals surface area contributed by atoms with Gasteiger partial charge in [0.25, 0.3) is 0 Å². The summed E-state index contributed by atoms with van der Waals surface area (Å²) < 4.78 is 5.64. The first-order valence-electron chi connectivity index (χ1n) is 6.76. The van der Waals surface area contributed by atoms with E-state index in [9.17, 15) is 4.79 Å². The number of rotatable bonds is 6. The third kappa shape index (κ3) is 5.80. The van der Waals surface area contributed by atoms with Crippen molar-refractivity contribution < 1.29 is 9.53 Å². The molecule has 0 aliphatic carbocycles. The Bertz CT molecular complexity index is 424. The maximum atomic E-state index is 11.8. The van der Waals surface area contributed by atoms with E-state index in [4.69, 9.17) is 10.5 Å². The van der Waals surface area contributed by atoms with E-state index in [0.717, 1.165) is 11.3 Å². The molecule has 1 aromatic rings. The lowest BCUT2D eigenvalue weighted by atomic mass is 10.1. The van der Waals surface area contributed by atoms with Gasteiger partial charge < -0.3 is 15.8 Å². The van der Waals surface area contributed by atoms with Crippen LogP contribution in [0.15, 0.2) is 24.3 Å². The lowest BCUT2D eigenvalue weighted by molar-refractivity contribution is -0.123. The van der Waals surface area contributed by atoms with Gasteiger partial charge in [-0.05, 0) is 44.9 Å². The highest BCUT2D eigenvalue weighted by Gasteiger charge is 2.15. The second-order valence-corrected chi connectivity index (χ2v) is 4.98. The molecule has 1 aromatic carbocycles. The number of hydrogen-bond donors (Lipinski definition) is 2. The fraction of sp³-hybridized carbons (Fsp3) is 0.533. The molecule has 0 aromatic heterocycles. The molecule has 1 unspecified atom stereocenters. The average Bonchev–Trinajstić information content (AvgIpc) is 2.37. The Morgan fingerprint density at radius 3 is 2.55 bits per heavy atom. The number of hydrogen-bond acceptors (Lipinski definition) is 3. The van der Waals surface area contributed by atoms with Crippen LogP contribution >= 0.6 is 12.4 Å². The van der Waals surface area contributed by atoms with Crippen LogP contribution in [0.2, 0.25) is 0 Å². The number of amides is 1. The van der Waals surface area contributed by atoms with E-state index in [1.807, 2.05) is 52.0 Å². The Morgan fingerprint density at radius 2 is 2.00 bits per heavy atom. The summed E-state index contributed by atoms with van der Waals surface area (Å²) in [7, 11) is 0. The predicted molar refractivity (Wildman–Crippen MR) is 84.3 cm³/mol. The summed E-state index contributed by atoms with van der Waals surface area (Å²) in [6, 6.07) is 7.22. The molecule has 2 atom stereocenters. The van der Waals surface area contributed by atoms with Gasteiger partial charge in [-0.25, -0.2) is 0 Å². The number of benzene rings is 1. The molecule has 0 radical (unpaired) electrons. The zero-order valence-electron chi connectivity index (χ0n) is 12.6. The number of nitrogens with two attached hydrogens (primary N) is 1. The van der Waals surface area contributed by atoms with E-state index in [0.29, 0.717) is 6.42 Å². The van der Waals surface area contributed by atoms with E-state index in [-0.39, 0.29) is 30.5 Å². The topological polar surface area (TPSA) is 64.4 Å². The van der Waals surface area contributed by atoms with Gasteiger partial charge in [-0.3, -0.25) is 4.79 Å². The Hall–Kier alpha value is -1.26. The maximum Gasteiger partial charge on any atom is 0.237 e. The van der Waals surface area contributed by atoms with E-state index in [1.54, 1.807) is 0 Å². The van der Waals surface area contributed by atoms with Crippen LogP contribution in [0.1, 0.15) is 45.7 Å². The zero-order valence-corrected chi connectivity index (χ0v) is 13.4. The van der Waals surface area contributed by atoms with Crippen molar-refractivity contribution in [2.24, 2.45) is 5.73 Å². The average molecular weight is 301 g/mol. The van der Waals surface area contributed by atoms with Crippen LogP contribution < -0.4 is 15.8 Å². The fourth-order valence-electron chi connectivity index (χ4n) is 1.72. The molecular formula is C15H25ClN2O2. The highest BCUT2D eigenvalue weighted by molar-refractivity contribution is 5.85. The van der Waals surface area contributed by atoms with Gasteiger partial charge in [-0.2, -0.15) is 0 Å². The largest absolute Gasteiger partial charge is 0.491 e. The van der Waals surface area contributed by atoms with Crippen LogP contribution in [-0.2, 0) is 4.79 Å². The molecule has 3 N–H and O–H groups in total. The van der Waals surface area contributed by atoms with Gasteiger partial charge in [0.05, 0.1) is 18.2 Å². The van der Waals surface area contributed by atoms with Crippen LogP contribution in [0, 0.1) is 0 Å². The lowest BCUT2D eigenvalue weighted by Gasteiger charge is -2.18. The van der Waals surface area contributed by atoms with Crippen LogP contribution in [0.25, 0.3) is 0 Å². The minimum atomic E-state index is -0.447. The molecule has 0 saturated heterocycles. The van der Waals surface area contributed by atoms with Gasteiger partial charge in [0.15, 0.2) is 0 Å². The quantitative estimate of drug-likeness (QED) is 0.849. The third-order valence-corrected chi connectivity index (χ3v) is 2.87. The van der Waals surface area contributed by atoms with Crippen LogP contribution in [0.4, 0.5) is 0 Å². The molecule has 0 bridgehead atoms. The molecule has 20 heavy (non-hydrogen) atoms. The molecule has 5 heteroatoms. The van der Waals surface area contributed by atoms with Crippen molar-refractivity contribution in [1.82, 2.24) is 5.32 Å². The molecule has 0 fully saturated rings. The normalized spacial score (nSPS) is 13.3. The number of carbonyl (C=O) groups is 1. The first-order valence-corrected chi connectivity index (χ1v) is 6.76. The highest BCUT2D eigenvalue weighted by atomic mass is 35.5. The molecule has 0 aliphatic heterocycles. The van der Waals surface area contributed by atoms with Crippen LogP contribution in [0.3, 0.4) is 0 Å². The first-order chi connectivity index (χ1) is 8.93. The summed E-state index contributed by atoms with van der Waals surface area (Å²) in [5.74, 6) is 0.693. The summed E-state index contributed by atoms with van der Waals surface area (Å²) in [5, 5.41) is 2.91. The molecule has 1 rings (SSSR count). The van der Waals surface area contributed by atoms with Crippen molar-refractivity contribution in [1.29, 1.82) is 0 Å². The van der Waals surface area contributed by atoms with Crippen molar-refractivity contribution >= 4 is 18.3 Å². The van der Waals surface area contributed by atoms with Gasteiger partial charge in [-0.1, -0.05) is 19.1 Å². The minimum Gasteiger partial charge on any atom is -0.491 e. The van der Waals surface area contributed by atoms with Crippen molar-refractivity contribution in [2.75, 3.05) is 0 Å². The molecular weight excluding hydrogens is 276 g/mol. The Balaban J connectivity index is 0.00000361. The molecule has 0 spiro atoms. The van der Waals surface area contributed by atoms with Crippen molar-refractivity contribution in [3.63, 3.8) is 0 Å². The third-order valence-electron chi connectivity index (χ3n) is 2.87. The van der Waals surface area contributed by atoms with Gasteiger partial charge in [0, 0.05) is 0 Å². The number of carbonyl (C=O) groups excluding carboxylic acids is 1. The predicted octanol–water partition coefficient (Wildman–Crippen LogP) is 2.81. The Kier molecular flexibility index (Phi) is 8.26. The lowest BCUT2D eigenvalue weighted by Crippen LogP contribution is -2.41. The highest BCUT2D eigenvalue weighted by Crippen LogP contribution is 2.20. The van der Waals surface area contributed by atoms with E-state index < -0.39 is 6.04 Å². The smallest absolute Gasteiger partial charge is 0.237 e. The molecule has 0 heterocycles. The van der Waals surface area contributed by atoms with Crippen molar-refractivity contribution in [3.8, 4) is 5.75 Å². The maximum absolute atomic E-state index is 11.8. The standard InChI is InChI=1S/C15H24N2O2.ClH/c1-5-14(16)15(18)17-11(4)12-7-6-8-13(9-12)19-10(2)3;/h6-11,14H,5,16H2,1-4H3,(H,17,18);1H/t11?,14-;/m0./s1. The minimum absolute atomic E-state index is 0. The van der Waals surface area contributed by atoms with Crippen LogP contribution in [-0.4, -0.2) is 18.1 Å². The molecule has 0 aliphatic rings. The van der Waals surface area contributed by atoms with E-state index in [1.165, 1.54) is 0 Å². The van der Waals surface area contributed by atoms with Gasteiger partial charge in [0.1, 0.15) is 5.75 Å². The summed E-state index contributed by atoms with van der Waals surface area (Å²) >= 11 is 0. The van der Waals surface area contributed by atoms with Crippen molar-refractivity contribution in [3.05, 3.63) is 29.8 Å². The summed E-state index contributed by atoms with van der Waals surface area (Å²) in [5.41, 5.74) is 6.71. The van der Waals surface area contributed by atoms with Gasteiger partial charge >= 0.3 is 0 Å². The summed E-state index contributed by atoms with van der Waals surface area (Å²) in [6.45, 7) is 7.80. The van der Waals surface area contributed by atoms with Gasteiger partial charge in [0.2, 0.25) is 5.91 Å². The van der Waals surface area contributed by atoms with E-state index in [2.05, 4.69) is 5.32 Å². The summed E-state index contributed by atoms with van der Waals surface area (Å²) in [4.78, 5) is 11.8. The molecule has 0 saturated carbocycles. The second-order valence-electron chi connectivity index (χ2n) is 4.98. The zero-order chi connectivity index (χ0) is 14.4. The van der Waals surface area contributed by atoms with Crippen LogP contribution in [0.5, 0.6) is 5.75 Å². The second kappa shape index (κ2) is 8.82. The molecule has 114 valence electrons. The summed E-state index contributed by atoms with van der Waals surface area (Å²) in [6.07, 6.45) is 0.767. The number of nitrogens with one attached hydrogen (secondary N) is 1. The monoisotopic (exact) mass is 300 g/mol. The molecule has 1 amide bonds. The Labute approximate surface area is 127 Å². The SMILES string of the molecule is CC[C@H](N)C(=O)NC(C)c1cccc(OC(C)C)c1.Cl. The van der Waals surface area contributed by atoms with E-state index >= 15 is 0 Å². The van der Waals surface area contributed by atoms with Crippen molar-refractivity contribution in [2.45, 2.75) is 52.3 Å². The fourth-order valence-corrected chi connectivity index (χ4v) is 1.72. The van der Waals surface area contributed by atoms with Gasteiger partial charge in [-0.15, -0.1) is 12.4 Å². The first kappa shape index (κ1) is 18.7. The Morgan fingerprint density at radius 1 is 1.35 bits per heavy atom. The number of ether oxygens (including phenoxy) is 1. The molecule has 4 nitrogen and oxygen atoms in total. The number of halogens is 1.